The molecule has 0 aliphatic carbocycles. The van der Waals surface area contributed by atoms with Crippen LogP contribution in [0.5, 0.6) is 0 Å². The fourth-order valence-corrected chi connectivity index (χ4v) is 3.69. The third-order valence-electron chi connectivity index (χ3n) is 4.29. The summed E-state index contributed by atoms with van der Waals surface area (Å²) >= 11 is 1.32. The maximum Gasteiger partial charge on any atom is 0.411 e. The van der Waals surface area contributed by atoms with Gasteiger partial charge in [0.15, 0.2) is 5.69 Å². The predicted molar refractivity (Wildman–Crippen MR) is 104 cm³/mol. The summed E-state index contributed by atoms with van der Waals surface area (Å²) in [5, 5.41) is 8.36. The van der Waals surface area contributed by atoms with E-state index in [9.17, 15) is 9.59 Å². The van der Waals surface area contributed by atoms with Crippen LogP contribution in [0, 0.1) is 5.92 Å². The highest BCUT2D eigenvalue weighted by Gasteiger charge is 2.18. The molecule has 1 aliphatic rings. The molecule has 0 saturated carbocycles. The molecule has 1 aromatic carbocycles. The maximum absolute atomic E-state index is 12.2. The molecule has 7 nitrogen and oxygen atoms in total. The molecular weight excluding hydrogens is 366 g/mol. The molecule has 2 heterocycles. The number of hydrogen-bond donors (Lipinski definition) is 2. The van der Waals surface area contributed by atoms with Crippen LogP contribution in [0.1, 0.15) is 30.3 Å². The molecular formula is C19H23N3O4S. The summed E-state index contributed by atoms with van der Waals surface area (Å²) < 4.78 is 10.4. The first-order valence-corrected chi connectivity index (χ1v) is 9.92. The van der Waals surface area contributed by atoms with Gasteiger partial charge in [-0.2, -0.15) is 0 Å². The minimum absolute atomic E-state index is 0.264. The van der Waals surface area contributed by atoms with Crippen molar-refractivity contribution in [3.63, 3.8) is 0 Å². The second-order valence-corrected chi connectivity index (χ2v) is 7.08. The van der Waals surface area contributed by atoms with Gasteiger partial charge in [-0.25, -0.2) is 14.6 Å². The summed E-state index contributed by atoms with van der Waals surface area (Å²) in [6.45, 7) is 4.39. The zero-order chi connectivity index (χ0) is 19.1. The second kappa shape index (κ2) is 9.48. The molecule has 27 heavy (non-hydrogen) atoms. The number of benzene rings is 1. The SMILES string of the molecule is CCOC(=O)c1csc(-c2ccccc2NC(=O)OCC2CCNCC2)n1. The number of carbonyl (C=O) groups excluding carboxylic acids is 2. The number of carbonyl (C=O) groups is 2. The molecule has 8 heteroatoms. The van der Waals surface area contributed by atoms with Crippen molar-refractivity contribution in [1.82, 2.24) is 10.3 Å². The monoisotopic (exact) mass is 389 g/mol. The number of hydrogen-bond acceptors (Lipinski definition) is 7. The van der Waals surface area contributed by atoms with Crippen LogP contribution in [0.25, 0.3) is 10.6 Å². The summed E-state index contributed by atoms with van der Waals surface area (Å²) in [5.41, 5.74) is 1.59. The van der Waals surface area contributed by atoms with Crippen LogP contribution >= 0.6 is 11.3 Å². The lowest BCUT2D eigenvalue weighted by Gasteiger charge is -2.22. The van der Waals surface area contributed by atoms with Crippen LogP contribution in [0.4, 0.5) is 10.5 Å². The largest absolute Gasteiger partial charge is 0.461 e. The lowest BCUT2D eigenvalue weighted by molar-refractivity contribution is 0.0520. The molecule has 144 valence electrons. The number of aromatic nitrogens is 1. The molecule has 0 atom stereocenters. The summed E-state index contributed by atoms with van der Waals surface area (Å²) in [6, 6.07) is 7.31. The van der Waals surface area contributed by atoms with E-state index < -0.39 is 12.1 Å². The molecule has 0 bridgehead atoms. The number of nitrogens with one attached hydrogen (secondary N) is 2. The van der Waals surface area contributed by atoms with Gasteiger partial charge in [0.05, 0.1) is 18.9 Å². The van der Waals surface area contributed by atoms with E-state index in [1.807, 2.05) is 18.2 Å². The molecule has 3 rings (SSSR count). The van der Waals surface area contributed by atoms with Crippen molar-refractivity contribution in [3.05, 3.63) is 35.3 Å². The summed E-state index contributed by atoms with van der Waals surface area (Å²) in [6.07, 6.45) is 1.54. The molecule has 0 radical (unpaired) electrons. The van der Waals surface area contributed by atoms with Crippen molar-refractivity contribution < 1.29 is 19.1 Å². The van der Waals surface area contributed by atoms with Crippen LogP contribution in [-0.2, 0) is 9.47 Å². The van der Waals surface area contributed by atoms with Gasteiger partial charge in [-0.3, -0.25) is 5.32 Å². The Morgan fingerprint density at radius 2 is 2.04 bits per heavy atom. The number of thiazole rings is 1. The van der Waals surface area contributed by atoms with E-state index in [4.69, 9.17) is 9.47 Å². The fraction of sp³-hybridized carbons (Fsp3) is 0.421. The second-order valence-electron chi connectivity index (χ2n) is 6.22. The van der Waals surface area contributed by atoms with E-state index in [0.717, 1.165) is 31.5 Å². The number of piperidine rings is 1. The van der Waals surface area contributed by atoms with Crippen LogP contribution in [0.3, 0.4) is 0 Å². The highest BCUT2D eigenvalue weighted by Crippen LogP contribution is 2.31. The van der Waals surface area contributed by atoms with Gasteiger partial charge in [-0.1, -0.05) is 12.1 Å². The van der Waals surface area contributed by atoms with Gasteiger partial charge in [0, 0.05) is 10.9 Å². The number of esters is 1. The third kappa shape index (κ3) is 5.27. The van der Waals surface area contributed by atoms with E-state index in [1.165, 1.54) is 11.3 Å². The summed E-state index contributed by atoms with van der Waals surface area (Å²) in [5.74, 6) is -0.0508. The Morgan fingerprint density at radius 3 is 2.81 bits per heavy atom. The Bertz CT molecular complexity index is 787. The van der Waals surface area contributed by atoms with E-state index in [0.29, 0.717) is 29.8 Å². The van der Waals surface area contributed by atoms with Gasteiger partial charge in [-0.05, 0) is 50.9 Å². The first-order chi connectivity index (χ1) is 13.2. The van der Waals surface area contributed by atoms with Gasteiger partial charge in [0.1, 0.15) is 5.01 Å². The average molecular weight is 389 g/mol. The fourth-order valence-electron chi connectivity index (χ4n) is 2.86. The van der Waals surface area contributed by atoms with E-state index >= 15 is 0 Å². The van der Waals surface area contributed by atoms with E-state index in [-0.39, 0.29) is 5.69 Å². The number of nitrogens with zero attached hydrogens (tertiary/aromatic N) is 1. The zero-order valence-corrected chi connectivity index (χ0v) is 16.0. The van der Waals surface area contributed by atoms with Gasteiger partial charge < -0.3 is 14.8 Å². The van der Waals surface area contributed by atoms with Crippen molar-refractivity contribution >= 4 is 29.1 Å². The van der Waals surface area contributed by atoms with Gasteiger partial charge >= 0.3 is 12.1 Å². The Hall–Kier alpha value is -2.45. The standard InChI is InChI=1S/C19H23N3O4S/c1-2-25-18(23)16-12-27-17(21-16)14-5-3-4-6-15(14)22-19(24)26-11-13-7-9-20-10-8-13/h3-6,12-13,20H,2,7-11H2,1H3,(H,22,24). The van der Waals surface area contributed by atoms with Crippen molar-refractivity contribution in [1.29, 1.82) is 0 Å². The summed E-state index contributed by atoms with van der Waals surface area (Å²) in [4.78, 5) is 28.3. The molecule has 2 N–H and O–H groups in total. The van der Waals surface area contributed by atoms with Crippen LogP contribution in [0.15, 0.2) is 29.6 Å². The highest BCUT2D eigenvalue weighted by molar-refractivity contribution is 7.13. The van der Waals surface area contributed by atoms with Crippen LogP contribution < -0.4 is 10.6 Å². The summed E-state index contributed by atoms with van der Waals surface area (Å²) in [7, 11) is 0. The molecule has 2 aromatic rings. The highest BCUT2D eigenvalue weighted by atomic mass is 32.1. The lowest BCUT2D eigenvalue weighted by Crippen LogP contribution is -2.31. The Labute approximate surface area is 162 Å². The molecule has 0 spiro atoms. The van der Waals surface area contributed by atoms with Gasteiger partial charge in [0.25, 0.3) is 0 Å². The van der Waals surface area contributed by atoms with Crippen molar-refractivity contribution in [2.45, 2.75) is 19.8 Å². The van der Waals surface area contributed by atoms with Gasteiger partial charge in [-0.15, -0.1) is 11.3 Å². The minimum atomic E-state index is -0.483. The third-order valence-corrected chi connectivity index (χ3v) is 5.17. The number of para-hydroxylation sites is 1. The van der Waals surface area contributed by atoms with Crippen LogP contribution in [0.2, 0.25) is 0 Å². The first kappa shape index (κ1) is 19.3. The van der Waals surface area contributed by atoms with E-state index in [1.54, 1.807) is 18.4 Å². The van der Waals surface area contributed by atoms with Crippen molar-refractivity contribution in [2.75, 3.05) is 31.6 Å². The minimum Gasteiger partial charge on any atom is -0.461 e. The Kier molecular flexibility index (Phi) is 6.78. The Morgan fingerprint density at radius 1 is 1.26 bits per heavy atom. The molecule has 0 unspecified atom stereocenters. The quantitative estimate of drug-likeness (QED) is 0.735. The number of rotatable bonds is 6. The smallest absolute Gasteiger partial charge is 0.411 e. The van der Waals surface area contributed by atoms with Crippen molar-refractivity contribution in [3.8, 4) is 10.6 Å². The van der Waals surface area contributed by atoms with E-state index in [2.05, 4.69) is 15.6 Å². The molecule has 1 amide bonds. The molecule has 1 fully saturated rings. The van der Waals surface area contributed by atoms with Crippen LogP contribution in [-0.4, -0.2) is 43.3 Å². The Balaban J connectivity index is 1.65. The average Bonchev–Trinajstić information content (AvgIpc) is 3.18. The maximum atomic E-state index is 12.2. The lowest BCUT2D eigenvalue weighted by atomic mass is 9.99. The zero-order valence-electron chi connectivity index (χ0n) is 15.2. The predicted octanol–water partition coefficient (Wildman–Crippen LogP) is 3.53. The molecule has 1 aromatic heterocycles. The molecule has 1 aliphatic heterocycles. The molecule has 1 saturated heterocycles. The first-order valence-electron chi connectivity index (χ1n) is 9.04. The van der Waals surface area contributed by atoms with Gasteiger partial charge in [0.2, 0.25) is 0 Å². The normalized spacial score (nSPS) is 14.6. The van der Waals surface area contributed by atoms with Crippen molar-refractivity contribution in [2.24, 2.45) is 5.92 Å². The number of anilines is 1. The number of amides is 1. The topological polar surface area (TPSA) is 89.5 Å². The number of ether oxygens (including phenoxy) is 2.